The molecule has 1 aromatic rings. The lowest BCUT2D eigenvalue weighted by atomic mass is 9.72. The molecule has 3 N–H and O–H groups in total. The zero-order chi connectivity index (χ0) is 11.8. The van der Waals surface area contributed by atoms with E-state index in [4.69, 9.17) is 15.7 Å². The zero-order valence-corrected chi connectivity index (χ0v) is 9.34. The van der Waals surface area contributed by atoms with Gasteiger partial charge in [0.1, 0.15) is 5.82 Å². The molecule has 5 heteroatoms. The second-order valence-corrected chi connectivity index (χ2v) is 4.58. The Kier molecular flexibility index (Phi) is 2.46. The molecule has 1 aliphatic heterocycles. The van der Waals surface area contributed by atoms with Gasteiger partial charge in [0.25, 0.3) is 0 Å². The highest BCUT2D eigenvalue weighted by Crippen LogP contribution is 2.39. The molecule has 88 valence electrons. The van der Waals surface area contributed by atoms with Crippen molar-refractivity contribution in [3.05, 3.63) is 23.9 Å². The Bertz CT molecular complexity index is 470. The molecule has 5 nitrogen and oxygen atoms in total. The molecule has 0 radical (unpaired) electrons. The maximum Gasteiger partial charge on any atom is 0.127 e. The number of fused-ring (bicyclic) bond motifs is 1. The van der Waals surface area contributed by atoms with Crippen molar-refractivity contribution < 1.29 is 4.74 Å². The quantitative estimate of drug-likeness (QED) is 0.772. The van der Waals surface area contributed by atoms with E-state index in [1.807, 2.05) is 0 Å². The number of nitrogens with one attached hydrogen (secondary N) is 1. The molecule has 17 heavy (non-hydrogen) atoms. The summed E-state index contributed by atoms with van der Waals surface area (Å²) in [6.45, 7) is 0.798. The fourth-order valence-corrected chi connectivity index (χ4v) is 2.68. The minimum absolute atomic E-state index is 0.115. The summed E-state index contributed by atoms with van der Waals surface area (Å²) in [6, 6.07) is 5.74. The maximum absolute atomic E-state index is 8.81. The number of pyridine rings is 1. The van der Waals surface area contributed by atoms with Crippen LogP contribution in [0.5, 0.6) is 0 Å². The van der Waals surface area contributed by atoms with Gasteiger partial charge in [-0.3, -0.25) is 0 Å². The molecular weight excluding hydrogens is 216 g/mol. The minimum Gasteiger partial charge on any atom is -0.376 e. The molecule has 1 saturated carbocycles. The van der Waals surface area contributed by atoms with Crippen molar-refractivity contribution in [3.63, 3.8) is 0 Å². The van der Waals surface area contributed by atoms with Crippen LogP contribution in [-0.2, 0) is 4.74 Å². The van der Waals surface area contributed by atoms with Crippen LogP contribution in [0, 0.1) is 17.2 Å². The van der Waals surface area contributed by atoms with Crippen LogP contribution in [0.4, 0.5) is 5.82 Å². The number of rotatable bonds is 2. The van der Waals surface area contributed by atoms with Crippen LogP contribution in [0.3, 0.4) is 0 Å². The van der Waals surface area contributed by atoms with Crippen LogP contribution in [0.2, 0.25) is 0 Å². The topological polar surface area (TPSA) is 84.0 Å². The number of aromatic nitrogens is 1. The number of hydrogen-bond donors (Lipinski definition) is 2. The van der Waals surface area contributed by atoms with Gasteiger partial charge in [-0.15, -0.1) is 0 Å². The highest BCUT2D eigenvalue weighted by molar-refractivity contribution is 5.44. The first-order chi connectivity index (χ1) is 8.29. The van der Waals surface area contributed by atoms with Gasteiger partial charge in [-0.25, -0.2) is 4.98 Å². The maximum atomic E-state index is 8.81. The third-order valence-electron chi connectivity index (χ3n) is 3.65. The van der Waals surface area contributed by atoms with E-state index in [0.717, 1.165) is 13.0 Å². The van der Waals surface area contributed by atoms with Crippen LogP contribution in [-0.4, -0.2) is 29.8 Å². The number of nitrogens with two attached hydrogens (primary N) is 1. The molecule has 2 fully saturated rings. The van der Waals surface area contributed by atoms with E-state index in [1.54, 1.807) is 18.3 Å². The van der Waals surface area contributed by atoms with E-state index in [9.17, 15) is 0 Å². The molecule has 1 aliphatic carbocycles. The van der Waals surface area contributed by atoms with E-state index in [-0.39, 0.29) is 18.2 Å². The van der Waals surface area contributed by atoms with Crippen LogP contribution in [0.1, 0.15) is 12.0 Å². The van der Waals surface area contributed by atoms with E-state index in [0.29, 0.717) is 17.3 Å². The van der Waals surface area contributed by atoms with Crippen molar-refractivity contribution in [3.8, 4) is 6.07 Å². The summed E-state index contributed by atoms with van der Waals surface area (Å²) >= 11 is 0. The fourth-order valence-electron chi connectivity index (χ4n) is 2.68. The van der Waals surface area contributed by atoms with E-state index in [1.165, 1.54) is 0 Å². The van der Waals surface area contributed by atoms with Crippen LogP contribution in [0.15, 0.2) is 18.3 Å². The lowest BCUT2D eigenvalue weighted by molar-refractivity contribution is 0.00524. The summed E-state index contributed by atoms with van der Waals surface area (Å²) in [5.74, 6) is 1.17. The average molecular weight is 230 g/mol. The van der Waals surface area contributed by atoms with Crippen molar-refractivity contribution in [2.75, 3.05) is 11.9 Å². The number of anilines is 1. The SMILES string of the molecule is N#Cc1ccnc(NC2C(N)C3CCOC32)c1. The van der Waals surface area contributed by atoms with Gasteiger partial charge in [0.05, 0.1) is 23.8 Å². The highest BCUT2D eigenvalue weighted by Gasteiger charge is 2.52. The highest BCUT2D eigenvalue weighted by atomic mass is 16.5. The molecule has 0 bridgehead atoms. The van der Waals surface area contributed by atoms with Crippen molar-refractivity contribution >= 4 is 5.82 Å². The van der Waals surface area contributed by atoms with Crippen molar-refractivity contribution in [2.45, 2.75) is 24.6 Å². The minimum atomic E-state index is 0.115. The standard InChI is InChI=1S/C12H14N4O/c13-6-7-1-3-15-9(5-7)16-11-10(14)8-2-4-17-12(8)11/h1,3,5,8,10-12H,2,4,14H2,(H,15,16). The Labute approximate surface area is 99.6 Å². The van der Waals surface area contributed by atoms with Gasteiger partial charge in [0.15, 0.2) is 0 Å². The Morgan fingerprint density at radius 1 is 1.59 bits per heavy atom. The van der Waals surface area contributed by atoms with Crippen molar-refractivity contribution in [2.24, 2.45) is 11.7 Å². The Morgan fingerprint density at radius 2 is 2.47 bits per heavy atom. The summed E-state index contributed by atoms with van der Waals surface area (Å²) in [5.41, 5.74) is 6.69. The fraction of sp³-hybridized carbons (Fsp3) is 0.500. The molecule has 1 saturated heterocycles. The molecule has 2 heterocycles. The van der Waals surface area contributed by atoms with E-state index in [2.05, 4.69) is 16.4 Å². The van der Waals surface area contributed by atoms with Crippen molar-refractivity contribution in [1.29, 1.82) is 5.26 Å². The predicted octanol–water partition coefficient (Wildman–Crippen LogP) is 0.480. The number of nitrogens with zero attached hydrogens (tertiary/aromatic N) is 2. The van der Waals surface area contributed by atoms with Gasteiger partial charge in [-0.05, 0) is 18.6 Å². The lowest BCUT2D eigenvalue weighted by Gasteiger charge is -2.45. The molecule has 2 aliphatic rings. The molecule has 1 aromatic heterocycles. The monoisotopic (exact) mass is 230 g/mol. The Hall–Kier alpha value is -1.64. The molecule has 4 unspecified atom stereocenters. The second-order valence-electron chi connectivity index (χ2n) is 4.58. The molecule has 3 rings (SSSR count). The smallest absolute Gasteiger partial charge is 0.127 e. The second kappa shape index (κ2) is 3.99. The van der Waals surface area contributed by atoms with Gasteiger partial charge >= 0.3 is 0 Å². The largest absolute Gasteiger partial charge is 0.376 e. The molecule has 0 amide bonds. The number of hydrogen-bond acceptors (Lipinski definition) is 5. The Morgan fingerprint density at radius 3 is 3.29 bits per heavy atom. The van der Waals surface area contributed by atoms with Gasteiger partial charge in [-0.2, -0.15) is 5.26 Å². The molecule has 0 spiro atoms. The molecule has 0 aromatic carbocycles. The van der Waals surface area contributed by atoms with Gasteiger partial charge in [-0.1, -0.05) is 0 Å². The summed E-state index contributed by atoms with van der Waals surface area (Å²) in [4.78, 5) is 4.18. The molecule has 4 atom stereocenters. The average Bonchev–Trinajstić information content (AvgIpc) is 2.81. The van der Waals surface area contributed by atoms with E-state index < -0.39 is 0 Å². The first-order valence-corrected chi connectivity index (χ1v) is 5.79. The third kappa shape index (κ3) is 1.66. The summed E-state index contributed by atoms with van der Waals surface area (Å²) < 4.78 is 5.63. The first kappa shape index (κ1) is 10.5. The predicted molar refractivity (Wildman–Crippen MR) is 62.2 cm³/mol. The lowest BCUT2D eigenvalue weighted by Crippen LogP contribution is -2.65. The van der Waals surface area contributed by atoms with Gasteiger partial charge in [0, 0.05) is 24.8 Å². The summed E-state index contributed by atoms with van der Waals surface area (Å²) in [5, 5.41) is 12.1. The Balaban J connectivity index is 1.73. The van der Waals surface area contributed by atoms with Crippen LogP contribution >= 0.6 is 0 Å². The van der Waals surface area contributed by atoms with E-state index >= 15 is 0 Å². The van der Waals surface area contributed by atoms with Gasteiger partial charge in [0.2, 0.25) is 0 Å². The number of ether oxygens (including phenoxy) is 1. The van der Waals surface area contributed by atoms with Crippen LogP contribution in [0.25, 0.3) is 0 Å². The normalized spacial score (nSPS) is 34.6. The zero-order valence-electron chi connectivity index (χ0n) is 9.34. The summed E-state index contributed by atoms with van der Waals surface area (Å²) in [6.07, 6.45) is 2.88. The van der Waals surface area contributed by atoms with Crippen LogP contribution < -0.4 is 11.1 Å². The number of nitriles is 1. The summed E-state index contributed by atoms with van der Waals surface area (Å²) in [7, 11) is 0. The molecular formula is C12H14N4O. The first-order valence-electron chi connectivity index (χ1n) is 5.79. The third-order valence-corrected chi connectivity index (χ3v) is 3.65. The van der Waals surface area contributed by atoms with Gasteiger partial charge < -0.3 is 15.8 Å². The van der Waals surface area contributed by atoms with Crippen molar-refractivity contribution in [1.82, 2.24) is 4.98 Å².